The summed E-state index contributed by atoms with van der Waals surface area (Å²) in [6.45, 7) is 6.29. The number of hydrogen-bond acceptors (Lipinski definition) is 5. The molecule has 1 aromatic heterocycles. The van der Waals surface area contributed by atoms with Crippen molar-refractivity contribution in [2.75, 3.05) is 12.3 Å². The third-order valence-electron chi connectivity index (χ3n) is 3.01. The molecule has 1 amide bonds. The number of rotatable bonds is 3. The van der Waals surface area contributed by atoms with Gasteiger partial charge in [0.25, 0.3) is 0 Å². The van der Waals surface area contributed by atoms with Crippen molar-refractivity contribution in [3.05, 3.63) is 18.2 Å². The molecule has 1 aromatic rings. The van der Waals surface area contributed by atoms with Gasteiger partial charge in [-0.15, -0.1) is 0 Å². The molecule has 2 rings (SSSR count). The van der Waals surface area contributed by atoms with Gasteiger partial charge in [-0.05, 0) is 33.6 Å². The van der Waals surface area contributed by atoms with Crippen LogP contribution in [-0.2, 0) is 4.74 Å². The van der Waals surface area contributed by atoms with Crippen molar-refractivity contribution >= 4 is 17.9 Å². The smallest absolute Gasteiger partial charge is 0.410 e. The molecule has 21 heavy (non-hydrogen) atoms. The summed E-state index contributed by atoms with van der Waals surface area (Å²) in [7, 11) is 0. The van der Waals surface area contributed by atoms with Crippen LogP contribution < -0.4 is 0 Å². The molecule has 0 radical (unpaired) electrons. The monoisotopic (exact) mass is 313 g/mol. The topological polar surface area (TPSA) is 55.3 Å². The van der Waals surface area contributed by atoms with E-state index in [4.69, 9.17) is 4.74 Å². The summed E-state index contributed by atoms with van der Waals surface area (Å²) in [4.78, 5) is 21.7. The summed E-state index contributed by atoms with van der Waals surface area (Å²) in [5.41, 5.74) is -0.489. The summed E-state index contributed by atoms with van der Waals surface area (Å²) < 4.78 is 18.2. The molecule has 1 saturated heterocycles. The number of ether oxygens (including phenoxy) is 1. The van der Waals surface area contributed by atoms with Crippen LogP contribution >= 0.6 is 11.8 Å². The summed E-state index contributed by atoms with van der Waals surface area (Å²) in [5.74, 6) is 0.237. The zero-order valence-electron chi connectivity index (χ0n) is 12.5. The Bertz CT molecular complexity index is 490. The second-order valence-electron chi connectivity index (χ2n) is 5.96. The van der Waals surface area contributed by atoms with E-state index >= 15 is 0 Å². The Hall–Kier alpha value is -1.37. The Morgan fingerprint density at radius 2 is 2.14 bits per heavy atom. The first-order valence-electron chi connectivity index (χ1n) is 6.95. The van der Waals surface area contributed by atoms with E-state index < -0.39 is 11.4 Å². The molecule has 1 atom stereocenters. The van der Waals surface area contributed by atoms with E-state index in [-0.39, 0.29) is 12.1 Å². The van der Waals surface area contributed by atoms with E-state index in [2.05, 4.69) is 9.97 Å². The van der Waals surface area contributed by atoms with Gasteiger partial charge in [0.05, 0.1) is 12.4 Å². The van der Waals surface area contributed by atoms with Crippen LogP contribution in [0.1, 0.15) is 33.6 Å². The minimum atomic E-state index is -0.489. The minimum absolute atomic E-state index is 0.110. The number of likely N-dealkylation sites (tertiary alicyclic amines) is 1. The fourth-order valence-electron chi connectivity index (χ4n) is 2.12. The maximum Gasteiger partial charge on any atom is 0.410 e. The van der Waals surface area contributed by atoms with E-state index in [9.17, 15) is 9.18 Å². The molecule has 1 aliphatic heterocycles. The Balaban J connectivity index is 1.90. The van der Waals surface area contributed by atoms with Gasteiger partial charge in [-0.25, -0.2) is 19.2 Å². The lowest BCUT2D eigenvalue weighted by Gasteiger charge is -2.28. The van der Waals surface area contributed by atoms with Crippen molar-refractivity contribution in [3.63, 3.8) is 0 Å². The third-order valence-corrected chi connectivity index (χ3v) is 4.03. The first kappa shape index (κ1) is 16.0. The largest absolute Gasteiger partial charge is 0.444 e. The van der Waals surface area contributed by atoms with E-state index in [1.54, 1.807) is 4.90 Å². The average molecular weight is 313 g/mol. The summed E-state index contributed by atoms with van der Waals surface area (Å²) in [6.07, 6.45) is 3.93. The highest BCUT2D eigenvalue weighted by atomic mass is 32.2. The number of aromatic nitrogens is 2. The van der Waals surface area contributed by atoms with Crippen molar-refractivity contribution in [2.24, 2.45) is 0 Å². The van der Waals surface area contributed by atoms with Crippen LogP contribution in [0.15, 0.2) is 17.6 Å². The molecule has 1 fully saturated rings. The van der Waals surface area contributed by atoms with Crippen LogP contribution in [-0.4, -0.2) is 44.9 Å². The van der Waals surface area contributed by atoms with E-state index in [1.165, 1.54) is 11.8 Å². The van der Waals surface area contributed by atoms with Crippen molar-refractivity contribution < 1.29 is 13.9 Å². The van der Waals surface area contributed by atoms with Gasteiger partial charge in [0.1, 0.15) is 5.60 Å². The Morgan fingerprint density at radius 3 is 2.76 bits per heavy atom. The zero-order chi connectivity index (χ0) is 15.5. The summed E-state index contributed by atoms with van der Waals surface area (Å²) in [6, 6.07) is 0.110. The van der Waals surface area contributed by atoms with Crippen molar-refractivity contribution in [1.82, 2.24) is 14.9 Å². The van der Waals surface area contributed by atoms with Crippen LogP contribution in [0.25, 0.3) is 0 Å². The molecule has 0 unspecified atom stereocenters. The molecular formula is C14H20FN3O2S. The lowest BCUT2D eigenvalue weighted by molar-refractivity contribution is 0.0242. The molecule has 116 valence electrons. The van der Waals surface area contributed by atoms with Gasteiger partial charge >= 0.3 is 6.09 Å². The molecule has 0 N–H and O–H groups in total. The van der Waals surface area contributed by atoms with Crippen LogP contribution in [0.2, 0.25) is 0 Å². The van der Waals surface area contributed by atoms with E-state index in [0.29, 0.717) is 17.5 Å². The number of amides is 1. The van der Waals surface area contributed by atoms with Gasteiger partial charge in [0.2, 0.25) is 0 Å². The van der Waals surface area contributed by atoms with Gasteiger partial charge in [-0.3, -0.25) is 0 Å². The first-order valence-corrected chi connectivity index (χ1v) is 7.94. The molecule has 1 aliphatic rings. The molecule has 0 aromatic carbocycles. The highest BCUT2D eigenvalue weighted by Crippen LogP contribution is 2.25. The van der Waals surface area contributed by atoms with Crippen molar-refractivity contribution in [2.45, 2.75) is 50.4 Å². The maximum absolute atomic E-state index is 12.7. The SMILES string of the molecule is CC(C)(C)OC(=O)N1CCC[C@@H]1CSc1ncc(F)cn1. The number of hydrogen-bond donors (Lipinski definition) is 0. The quantitative estimate of drug-likeness (QED) is 0.634. The van der Waals surface area contributed by atoms with Crippen LogP contribution in [0.5, 0.6) is 0 Å². The number of thioether (sulfide) groups is 1. The van der Waals surface area contributed by atoms with Gasteiger partial charge in [-0.2, -0.15) is 0 Å². The van der Waals surface area contributed by atoms with E-state index in [0.717, 1.165) is 25.2 Å². The second-order valence-corrected chi connectivity index (χ2v) is 6.95. The summed E-state index contributed by atoms with van der Waals surface area (Å²) >= 11 is 1.43. The van der Waals surface area contributed by atoms with Gasteiger partial charge in [0, 0.05) is 18.3 Å². The standard InChI is InChI=1S/C14H20FN3O2S/c1-14(2,3)20-13(19)18-6-4-5-11(18)9-21-12-16-7-10(15)8-17-12/h7-8,11H,4-6,9H2,1-3H3/t11-/m1/s1. The van der Waals surface area contributed by atoms with Crippen LogP contribution in [0.3, 0.4) is 0 Å². The molecular weight excluding hydrogens is 293 g/mol. The predicted molar refractivity (Wildman–Crippen MR) is 78.7 cm³/mol. The van der Waals surface area contributed by atoms with Gasteiger partial charge in [-0.1, -0.05) is 11.8 Å². The van der Waals surface area contributed by atoms with Crippen molar-refractivity contribution in [1.29, 1.82) is 0 Å². The second kappa shape index (κ2) is 6.60. The fraction of sp³-hybridized carbons (Fsp3) is 0.643. The molecule has 0 saturated carbocycles. The Labute approximate surface area is 128 Å². The molecule has 0 aliphatic carbocycles. The number of halogens is 1. The Morgan fingerprint density at radius 1 is 1.48 bits per heavy atom. The van der Waals surface area contributed by atoms with Crippen LogP contribution in [0.4, 0.5) is 9.18 Å². The third kappa shape index (κ3) is 4.84. The van der Waals surface area contributed by atoms with Gasteiger partial charge < -0.3 is 9.64 Å². The Kier molecular flexibility index (Phi) is 5.03. The molecule has 5 nitrogen and oxygen atoms in total. The first-order chi connectivity index (χ1) is 9.85. The lowest BCUT2D eigenvalue weighted by atomic mass is 10.2. The molecule has 2 heterocycles. The summed E-state index contributed by atoms with van der Waals surface area (Å²) in [5, 5.41) is 0.521. The lowest BCUT2D eigenvalue weighted by Crippen LogP contribution is -2.40. The maximum atomic E-state index is 12.7. The minimum Gasteiger partial charge on any atom is -0.444 e. The normalized spacial score (nSPS) is 18.9. The molecule has 0 bridgehead atoms. The average Bonchev–Trinajstić information content (AvgIpc) is 2.84. The fourth-order valence-corrected chi connectivity index (χ4v) is 3.06. The van der Waals surface area contributed by atoms with Gasteiger partial charge in [0.15, 0.2) is 11.0 Å². The van der Waals surface area contributed by atoms with E-state index in [1.807, 2.05) is 20.8 Å². The van der Waals surface area contributed by atoms with Crippen LogP contribution in [0, 0.1) is 5.82 Å². The highest BCUT2D eigenvalue weighted by molar-refractivity contribution is 7.99. The number of carbonyl (C=O) groups excluding carboxylic acids is 1. The number of carbonyl (C=O) groups is 1. The molecule has 7 heteroatoms. The zero-order valence-corrected chi connectivity index (χ0v) is 13.3. The van der Waals surface area contributed by atoms with Crippen molar-refractivity contribution in [3.8, 4) is 0 Å². The number of nitrogens with zero attached hydrogens (tertiary/aromatic N) is 3. The molecule has 0 spiro atoms. The predicted octanol–water partition coefficient (Wildman–Crippen LogP) is 3.11. The highest BCUT2D eigenvalue weighted by Gasteiger charge is 2.32.